The van der Waals surface area contributed by atoms with Gasteiger partial charge in [-0.3, -0.25) is 5.10 Å². The summed E-state index contributed by atoms with van der Waals surface area (Å²) in [5, 5.41) is 18.3. The second-order valence-electron chi connectivity index (χ2n) is 7.36. The second kappa shape index (κ2) is 9.70. The molecule has 0 aliphatic heterocycles. The van der Waals surface area contributed by atoms with Gasteiger partial charge in [0.1, 0.15) is 0 Å². The number of hydrogen-bond donors (Lipinski definition) is 3. The number of aromatic amines is 1. The maximum atomic E-state index is 12.9. The molecule has 172 valence electrons. The second-order valence-corrected chi connectivity index (χ2v) is 9.23. The average Bonchev–Trinajstić information content (AvgIpc) is 3.48. The monoisotopic (exact) mass is 469 g/mol. The molecule has 7 nitrogen and oxygen atoms in total. The molecule has 0 bridgehead atoms. The molecule has 1 fully saturated rings. The number of nitrogens with one attached hydrogen (secondary N) is 2. The molecule has 1 aliphatic carbocycles. The van der Waals surface area contributed by atoms with Crippen LogP contribution >= 0.6 is 0 Å². The minimum atomic E-state index is -5.08. The number of carbonyl (C=O) groups is 1. The first-order valence-corrected chi connectivity index (χ1v) is 11.4. The number of halogens is 3. The normalized spacial score (nSPS) is 14.1. The third-order valence-electron chi connectivity index (χ3n) is 4.80. The maximum Gasteiger partial charge on any atom is 0.490 e. The number of carboxylic acid groups (broad SMARTS) is 1. The number of aromatic nitrogens is 2. The Labute approximate surface area is 182 Å². The van der Waals surface area contributed by atoms with Crippen molar-refractivity contribution in [3.63, 3.8) is 0 Å². The van der Waals surface area contributed by atoms with Crippen LogP contribution in [0.1, 0.15) is 24.8 Å². The molecule has 4 rings (SSSR count). The summed E-state index contributed by atoms with van der Waals surface area (Å²) in [6.45, 7) is 1.00. The molecule has 1 aromatic heterocycles. The van der Waals surface area contributed by atoms with E-state index in [1.807, 2.05) is 18.2 Å². The number of sulfone groups is 1. The topological polar surface area (TPSA) is 112 Å². The van der Waals surface area contributed by atoms with E-state index in [1.165, 1.54) is 12.8 Å². The van der Waals surface area contributed by atoms with Gasteiger partial charge in [0.05, 0.1) is 10.4 Å². The first-order valence-electron chi connectivity index (χ1n) is 9.89. The van der Waals surface area contributed by atoms with Crippen LogP contribution in [-0.4, -0.2) is 48.5 Å². The van der Waals surface area contributed by atoms with Crippen LogP contribution in [0.4, 0.5) is 13.2 Å². The molecule has 2 aromatic carbocycles. The lowest BCUT2D eigenvalue weighted by Gasteiger charge is -2.05. The predicted octanol–water partition coefficient (Wildman–Crippen LogP) is 3.71. The molecule has 11 heteroatoms. The number of H-pyrrole nitrogens is 1. The van der Waals surface area contributed by atoms with Crippen LogP contribution in [-0.2, 0) is 21.1 Å². The van der Waals surface area contributed by atoms with Gasteiger partial charge in [0, 0.05) is 11.4 Å². The fraction of sp³-hybridized carbons (Fsp3) is 0.333. The summed E-state index contributed by atoms with van der Waals surface area (Å²) in [6, 6.07) is 15.1. The van der Waals surface area contributed by atoms with Gasteiger partial charge in [-0.15, -0.1) is 0 Å². The Bertz CT molecular complexity index is 1170. The lowest BCUT2D eigenvalue weighted by molar-refractivity contribution is -0.192. The summed E-state index contributed by atoms with van der Waals surface area (Å²) < 4.78 is 57.5. The molecule has 1 heterocycles. The molecule has 0 unspecified atom stereocenters. The highest BCUT2D eigenvalue weighted by molar-refractivity contribution is 7.91. The first-order chi connectivity index (χ1) is 15.1. The third kappa shape index (κ3) is 6.07. The minimum absolute atomic E-state index is 0.103. The van der Waals surface area contributed by atoms with Crippen molar-refractivity contribution < 1.29 is 31.5 Å². The zero-order chi connectivity index (χ0) is 23.4. The number of aliphatic carboxylic acids is 1. The minimum Gasteiger partial charge on any atom is -0.475 e. The summed E-state index contributed by atoms with van der Waals surface area (Å²) in [5.74, 6) is -2.76. The first kappa shape index (κ1) is 23.7. The summed E-state index contributed by atoms with van der Waals surface area (Å²) in [6.07, 6.45) is -0.532. The van der Waals surface area contributed by atoms with Gasteiger partial charge in [-0.05, 0) is 62.1 Å². The number of carboxylic acids is 1. The predicted molar refractivity (Wildman–Crippen MR) is 111 cm³/mol. The van der Waals surface area contributed by atoms with Gasteiger partial charge < -0.3 is 10.4 Å². The SMILES string of the molecule is O=C(O)C(F)(F)F.O=S(=O)(c1ccccc1)c1n[nH]c2ccc(CCCNC3CC3)cc12. The quantitative estimate of drug-likeness (QED) is 0.455. The fourth-order valence-electron chi connectivity index (χ4n) is 2.99. The Morgan fingerprint density at radius 3 is 2.41 bits per heavy atom. The van der Waals surface area contributed by atoms with Crippen LogP contribution in [0, 0.1) is 0 Å². The molecule has 32 heavy (non-hydrogen) atoms. The van der Waals surface area contributed by atoms with Gasteiger partial charge in [-0.1, -0.05) is 24.3 Å². The summed E-state index contributed by atoms with van der Waals surface area (Å²) in [7, 11) is -3.62. The van der Waals surface area contributed by atoms with Crippen molar-refractivity contribution in [3.05, 3.63) is 54.1 Å². The Kier molecular flexibility index (Phi) is 7.19. The molecule has 1 saturated carbocycles. The van der Waals surface area contributed by atoms with Crippen molar-refractivity contribution in [2.24, 2.45) is 0 Å². The van der Waals surface area contributed by atoms with E-state index in [0.29, 0.717) is 5.39 Å². The number of fused-ring (bicyclic) bond motifs is 1. The number of hydrogen-bond acceptors (Lipinski definition) is 5. The van der Waals surface area contributed by atoms with E-state index in [0.717, 1.165) is 36.5 Å². The summed E-state index contributed by atoms with van der Waals surface area (Å²) >= 11 is 0. The largest absolute Gasteiger partial charge is 0.490 e. The molecular weight excluding hydrogens is 447 g/mol. The van der Waals surface area contributed by atoms with Crippen LogP contribution in [0.25, 0.3) is 10.9 Å². The molecule has 3 N–H and O–H groups in total. The summed E-state index contributed by atoms with van der Waals surface area (Å²) in [5.41, 5.74) is 1.88. The highest BCUT2D eigenvalue weighted by Gasteiger charge is 2.38. The Morgan fingerprint density at radius 1 is 1.16 bits per heavy atom. The lowest BCUT2D eigenvalue weighted by atomic mass is 10.1. The zero-order valence-electron chi connectivity index (χ0n) is 16.9. The van der Waals surface area contributed by atoms with Crippen molar-refractivity contribution in [3.8, 4) is 0 Å². The van der Waals surface area contributed by atoms with Crippen molar-refractivity contribution >= 4 is 26.7 Å². The van der Waals surface area contributed by atoms with E-state index in [4.69, 9.17) is 9.90 Å². The Balaban J connectivity index is 0.000000360. The van der Waals surface area contributed by atoms with E-state index >= 15 is 0 Å². The van der Waals surface area contributed by atoms with E-state index in [-0.39, 0.29) is 9.92 Å². The van der Waals surface area contributed by atoms with Gasteiger partial charge in [-0.25, -0.2) is 13.2 Å². The van der Waals surface area contributed by atoms with Gasteiger partial charge in [0.15, 0.2) is 5.03 Å². The lowest BCUT2D eigenvalue weighted by Crippen LogP contribution is -2.21. The van der Waals surface area contributed by atoms with Crippen LogP contribution in [0.5, 0.6) is 0 Å². The molecule has 0 spiro atoms. The van der Waals surface area contributed by atoms with Crippen LogP contribution in [0.2, 0.25) is 0 Å². The Morgan fingerprint density at radius 2 is 1.81 bits per heavy atom. The van der Waals surface area contributed by atoms with E-state index in [9.17, 15) is 21.6 Å². The number of benzene rings is 2. The van der Waals surface area contributed by atoms with Crippen molar-refractivity contribution in [1.82, 2.24) is 15.5 Å². The van der Waals surface area contributed by atoms with E-state index < -0.39 is 22.0 Å². The van der Waals surface area contributed by atoms with Gasteiger partial charge in [0.2, 0.25) is 9.84 Å². The van der Waals surface area contributed by atoms with Crippen LogP contribution in [0.15, 0.2) is 58.5 Å². The molecule has 0 saturated heterocycles. The van der Waals surface area contributed by atoms with E-state index in [2.05, 4.69) is 15.5 Å². The van der Waals surface area contributed by atoms with Crippen LogP contribution in [0.3, 0.4) is 0 Å². The van der Waals surface area contributed by atoms with Crippen molar-refractivity contribution in [2.45, 2.75) is 47.8 Å². The molecule has 0 amide bonds. The molecule has 3 aromatic rings. The van der Waals surface area contributed by atoms with Crippen LogP contribution < -0.4 is 5.32 Å². The highest BCUT2D eigenvalue weighted by Crippen LogP contribution is 2.27. The fourth-order valence-corrected chi connectivity index (χ4v) is 4.36. The molecule has 0 radical (unpaired) electrons. The van der Waals surface area contributed by atoms with Gasteiger partial charge in [0.25, 0.3) is 0 Å². The van der Waals surface area contributed by atoms with Gasteiger partial charge in [-0.2, -0.15) is 18.3 Å². The molecule has 1 aliphatic rings. The maximum absolute atomic E-state index is 12.9. The van der Waals surface area contributed by atoms with Crippen molar-refractivity contribution in [2.75, 3.05) is 6.54 Å². The van der Waals surface area contributed by atoms with E-state index in [1.54, 1.807) is 30.3 Å². The summed E-state index contributed by atoms with van der Waals surface area (Å²) in [4.78, 5) is 9.16. The highest BCUT2D eigenvalue weighted by atomic mass is 32.2. The number of rotatable bonds is 7. The standard InChI is InChI=1S/C19H21N3O2S.C2HF3O2/c23-25(24,16-6-2-1-3-7-16)19-17-13-14(8-11-18(17)21-22-19)5-4-12-20-15-9-10-15;3-2(4,5)1(6)7/h1-3,6-8,11,13,15,20H,4-5,9-10,12H2,(H,21,22);(H,6,7). The molecular formula is C21H22F3N3O4S. The van der Waals surface area contributed by atoms with Gasteiger partial charge >= 0.3 is 12.1 Å². The smallest absolute Gasteiger partial charge is 0.475 e. The number of aryl methyl sites for hydroxylation is 1. The third-order valence-corrected chi connectivity index (χ3v) is 6.51. The number of alkyl halides is 3. The Hall–Kier alpha value is -2.92. The number of nitrogens with zero attached hydrogens (tertiary/aromatic N) is 1. The van der Waals surface area contributed by atoms with Crippen molar-refractivity contribution in [1.29, 1.82) is 0 Å². The molecule has 0 atom stereocenters. The average molecular weight is 469 g/mol. The zero-order valence-corrected chi connectivity index (χ0v) is 17.7.